The van der Waals surface area contributed by atoms with Crippen molar-refractivity contribution in [2.45, 2.75) is 13.5 Å². The van der Waals surface area contributed by atoms with Crippen LogP contribution >= 0.6 is 11.3 Å². The monoisotopic (exact) mass is 248 g/mol. The summed E-state index contributed by atoms with van der Waals surface area (Å²) in [6.45, 7) is 2.64. The number of benzene rings is 1. The van der Waals surface area contributed by atoms with Crippen LogP contribution in [-0.2, 0) is 6.54 Å². The first-order valence-corrected chi connectivity index (χ1v) is 6.05. The molecule has 0 aliphatic carbocycles. The Morgan fingerprint density at radius 3 is 2.65 bits per heavy atom. The van der Waals surface area contributed by atoms with Gasteiger partial charge in [-0.05, 0) is 24.6 Å². The Kier molecular flexibility index (Phi) is 3.39. The van der Waals surface area contributed by atoms with Crippen LogP contribution < -0.4 is 5.32 Å². The molecule has 0 bridgehead atoms. The van der Waals surface area contributed by atoms with Crippen LogP contribution in [0.3, 0.4) is 0 Å². The van der Waals surface area contributed by atoms with Gasteiger partial charge in [0.25, 0.3) is 0 Å². The number of nitro groups is 1. The largest absolute Gasteiger partial charge is 0.381 e. The van der Waals surface area contributed by atoms with Crippen molar-refractivity contribution in [2.24, 2.45) is 0 Å². The zero-order valence-electron chi connectivity index (χ0n) is 9.34. The van der Waals surface area contributed by atoms with Gasteiger partial charge in [-0.1, -0.05) is 29.0 Å². The third kappa shape index (κ3) is 3.04. The Balaban J connectivity index is 1.97. The summed E-state index contributed by atoms with van der Waals surface area (Å²) >= 11 is 1.16. The number of hydrogen-bond donors (Lipinski definition) is 1. The lowest BCUT2D eigenvalue weighted by Crippen LogP contribution is -1.97. The molecule has 0 fully saturated rings. The number of aryl methyl sites for hydroxylation is 1. The van der Waals surface area contributed by atoms with Crippen LogP contribution in [0.1, 0.15) is 11.1 Å². The summed E-state index contributed by atoms with van der Waals surface area (Å²) in [6, 6.07) is 9.65. The molecule has 0 saturated heterocycles. The van der Waals surface area contributed by atoms with Crippen LogP contribution in [0.4, 0.5) is 10.7 Å². The molecule has 0 amide bonds. The average Bonchev–Trinajstić information content (AvgIpc) is 2.77. The van der Waals surface area contributed by atoms with Gasteiger partial charge in [0, 0.05) is 23.7 Å². The predicted octanol–water partition coefficient (Wildman–Crippen LogP) is 3.58. The third-order valence-electron chi connectivity index (χ3n) is 2.37. The Labute approximate surface area is 103 Å². The van der Waals surface area contributed by atoms with Gasteiger partial charge in [0.2, 0.25) is 0 Å². The molecule has 0 aliphatic rings. The zero-order valence-corrected chi connectivity index (χ0v) is 10.2. The molecule has 1 heterocycles. The molecule has 5 heteroatoms. The lowest BCUT2D eigenvalue weighted by molar-refractivity contribution is -0.380. The molecule has 88 valence electrons. The smallest absolute Gasteiger partial charge is 0.324 e. The number of anilines is 1. The first-order chi connectivity index (χ1) is 8.15. The number of nitrogens with zero attached hydrogens (tertiary/aromatic N) is 1. The van der Waals surface area contributed by atoms with E-state index >= 15 is 0 Å². The van der Waals surface area contributed by atoms with Gasteiger partial charge < -0.3 is 5.32 Å². The predicted molar refractivity (Wildman–Crippen MR) is 69.5 cm³/mol. The summed E-state index contributed by atoms with van der Waals surface area (Å²) < 4.78 is 0. The van der Waals surface area contributed by atoms with E-state index in [4.69, 9.17) is 0 Å². The van der Waals surface area contributed by atoms with Crippen molar-refractivity contribution >= 4 is 22.0 Å². The molecule has 0 atom stereocenters. The molecule has 0 radical (unpaired) electrons. The third-order valence-corrected chi connectivity index (χ3v) is 3.30. The summed E-state index contributed by atoms with van der Waals surface area (Å²) in [7, 11) is 0. The van der Waals surface area contributed by atoms with Gasteiger partial charge in [-0.3, -0.25) is 10.1 Å². The fourth-order valence-electron chi connectivity index (χ4n) is 1.43. The molecular weight excluding hydrogens is 236 g/mol. The zero-order chi connectivity index (χ0) is 12.3. The second-order valence-corrected chi connectivity index (χ2v) is 4.66. The molecule has 1 aromatic carbocycles. The second kappa shape index (κ2) is 4.97. The number of thiophene rings is 1. The highest BCUT2D eigenvalue weighted by Gasteiger charge is 2.08. The highest BCUT2D eigenvalue weighted by molar-refractivity contribution is 7.13. The van der Waals surface area contributed by atoms with Crippen LogP contribution in [-0.4, -0.2) is 4.92 Å². The summed E-state index contributed by atoms with van der Waals surface area (Å²) in [4.78, 5) is 10.2. The van der Waals surface area contributed by atoms with Crippen molar-refractivity contribution in [3.63, 3.8) is 0 Å². The SMILES string of the molecule is Cc1ccc(NCc2csc([N+](=O)[O-])c2)cc1. The molecule has 4 nitrogen and oxygen atoms in total. The van der Waals surface area contributed by atoms with Crippen molar-refractivity contribution in [1.29, 1.82) is 0 Å². The van der Waals surface area contributed by atoms with Gasteiger partial charge in [0.1, 0.15) is 0 Å². The van der Waals surface area contributed by atoms with Gasteiger partial charge in [-0.2, -0.15) is 0 Å². The Bertz CT molecular complexity index is 520. The minimum atomic E-state index is -0.361. The lowest BCUT2D eigenvalue weighted by atomic mass is 10.2. The maximum absolute atomic E-state index is 10.5. The maximum atomic E-state index is 10.5. The average molecular weight is 248 g/mol. The molecule has 17 heavy (non-hydrogen) atoms. The molecule has 1 N–H and O–H groups in total. The van der Waals surface area contributed by atoms with Crippen molar-refractivity contribution in [1.82, 2.24) is 0 Å². The molecule has 0 unspecified atom stereocenters. The topological polar surface area (TPSA) is 55.2 Å². The van der Waals surface area contributed by atoms with E-state index in [-0.39, 0.29) is 9.92 Å². The van der Waals surface area contributed by atoms with E-state index in [1.54, 1.807) is 11.4 Å². The van der Waals surface area contributed by atoms with Crippen molar-refractivity contribution in [2.75, 3.05) is 5.32 Å². The molecule has 1 aromatic heterocycles. The lowest BCUT2D eigenvalue weighted by Gasteiger charge is -2.04. The minimum absolute atomic E-state index is 0.186. The van der Waals surface area contributed by atoms with E-state index in [2.05, 4.69) is 5.32 Å². The van der Waals surface area contributed by atoms with Gasteiger partial charge in [-0.15, -0.1) is 0 Å². The highest BCUT2D eigenvalue weighted by atomic mass is 32.1. The standard InChI is InChI=1S/C12H12N2O2S/c1-9-2-4-11(5-3-9)13-7-10-6-12(14(15)16)17-8-10/h2-6,8,13H,7H2,1H3. The number of hydrogen-bond acceptors (Lipinski definition) is 4. The number of nitrogens with one attached hydrogen (secondary N) is 1. The van der Waals surface area contributed by atoms with Crippen molar-refractivity contribution in [3.8, 4) is 0 Å². The van der Waals surface area contributed by atoms with Crippen LogP contribution in [0.15, 0.2) is 35.7 Å². The quantitative estimate of drug-likeness (QED) is 0.664. The van der Waals surface area contributed by atoms with Gasteiger partial charge in [0.15, 0.2) is 0 Å². The van der Waals surface area contributed by atoms with Crippen LogP contribution in [0.5, 0.6) is 0 Å². The van der Waals surface area contributed by atoms with E-state index in [9.17, 15) is 10.1 Å². The number of rotatable bonds is 4. The summed E-state index contributed by atoms with van der Waals surface area (Å²) in [6.07, 6.45) is 0. The second-order valence-electron chi connectivity index (χ2n) is 3.77. The minimum Gasteiger partial charge on any atom is -0.381 e. The van der Waals surface area contributed by atoms with Crippen LogP contribution in [0.25, 0.3) is 0 Å². The van der Waals surface area contributed by atoms with Gasteiger partial charge in [-0.25, -0.2) is 0 Å². The van der Waals surface area contributed by atoms with Crippen LogP contribution in [0, 0.1) is 17.0 Å². The van der Waals surface area contributed by atoms with Crippen molar-refractivity contribution in [3.05, 3.63) is 57.0 Å². The summed E-state index contributed by atoms with van der Waals surface area (Å²) in [5, 5.41) is 15.7. The van der Waals surface area contributed by atoms with Crippen LogP contribution in [0.2, 0.25) is 0 Å². The molecular formula is C12H12N2O2S. The molecule has 0 saturated carbocycles. The fourth-order valence-corrected chi connectivity index (χ4v) is 2.16. The van der Waals surface area contributed by atoms with E-state index in [1.165, 1.54) is 5.56 Å². The normalized spacial score (nSPS) is 10.2. The van der Waals surface area contributed by atoms with E-state index in [0.29, 0.717) is 6.54 Å². The van der Waals surface area contributed by atoms with Crippen molar-refractivity contribution < 1.29 is 4.92 Å². The first-order valence-electron chi connectivity index (χ1n) is 5.17. The molecule has 2 aromatic rings. The fraction of sp³-hybridized carbons (Fsp3) is 0.167. The van der Waals surface area contributed by atoms with Gasteiger partial charge >= 0.3 is 5.00 Å². The summed E-state index contributed by atoms with van der Waals surface area (Å²) in [5.41, 5.74) is 3.16. The summed E-state index contributed by atoms with van der Waals surface area (Å²) in [5.74, 6) is 0. The Morgan fingerprint density at radius 2 is 2.06 bits per heavy atom. The first kappa shape index (κ1) is 11.6. The van der Waals surface area contributed by atoms with E-state index < -0.39 is 0 Å². The van der Waals surface area contributed by atoms with E-state index in [1.807, 2.05) is 31.2 Å². The van der Waals surface area contributed by atoms with E-state index in [0.717, 1.165) is 22.6 Å². The van der Waals surface area contributed by atoms with Gasteiger partial charge in [0.05, 0.1) is 4.92 Å². The molecule has 0 aliphatic heterocycles. The Hall–Kier alpha value is -1.88. The Morgan fingerprint density at radius 1 is 1.35 bits per heavy atom. The molecule has 0 spiro atoms. The maximum Gasteiger partial charge on any atom is 0.324 e. The highest BCUT2D eigenvalue weighted by Crippen LogP contribution is 2.23. The molecule has 2 rings (SSSR count).